The van der Waals surface area contributed by atoms with Crippen LogP contribution >= 0.6 is 0 Å². The van der Waals surface area contributed by atoms with E-state index in [4.69, 9.17) is 4.98 Å². The van der Waals surface area contributed by atoms with Gasteiger partial charge in [-0.3, -0.25) is 0 Å². The number of hydrogen-bond acceptors (Lipinski definition) is 8. The summed E-state index contributed by atoms with van der Waals surface area (Å²) in [6, 6.07) is 18.2. The van der Waals surface area contributed by atoms with E-state index in [1.165, 1.54) is 86.5 Å². The van der Waals surface area contributed by atoms with E-state index < -0.39 is 6.10 Å². The molecule has 9 heteroatoms. The van der Waals surface area contributed by atoms with Gasteiger partial charge in [0.25, 0.3) is 0 Å². The monoisotopic (exact) mass is 817 g/mol. The molecule has 8 N–H and O–H groups in total. The molecule has 5 aromatic rings. The summed E-state index contributed by atoms with van der Waals surface area (Å²) in [6.07, 6.45) is 26.2. The Morgan fingerprint density at radius 1 is 0.754 bits per heavy atom. The normalized spacial score (nSPS) is 32.0. The number of phenolic OH excluding ortho intramolecular Hbond substituents is 5. The standard InChI is InChI=1S/C52H55N3O6/c56-40-21-12-31(27-43(40)59)11-18-36-37-4-1-5-41(57)45(37)47(61)46(60)38(36)19-10-30-6-8-32(9-7-30)28-53-44-23-17-35-14-13-34-15-20-39-49(55-29-54-39)52(44)48-42(58)22-16-33-3-2-24-50(33,48)25-26-51(34,35)52/h1,4-9,11-12,16-18,21-23,27,29,33-35,42,44,48,53,56-61H,2-3,10,13-15,19-20,24-26,28H2,(H,54,55). The molecule has 0 aliphatic heterocycles. The van der Waals surface area contributed by atoms with Crippen LogP contribution in [-0.4, -0.2) is 52.8 Å². The molecule has 1 heterocycles. The first-order valence-electron chi connectivity index (χ1n) is 22.4. The lowest BCUT2D eigenvalue weighted by molar-refractivity contribution is -0.173. The Balaban J connectivity index is 0.899. The molecule has 9 atom stereocenters. The van der Waals surface area contributed by atoms with E-state index in [2.05, 4.69) is 58.9 Å². The molecule has 11 rings (SSSR count). The third kappa shape index (κ3) is 5.48. The largest absolute Gasteiger partial charge is 0.507 e. The van der Waals surface area contributed by atoms with Gasteiger partial charge >= 0.3 is 0 Å². The summed E-state index contributed by atoms with van der Waals surface area (Å²) < 4.78 is 0. The van der Waals surface area contributed by atoms with Crippen LogP contribution in [0.5, 0.6) is 28.7 Å². The number of imidazole rings is 1. The van der Waals surface area contributed by atoms with Crippen molar-refractivity contribution in [2.75, 3.05) is 0 Å². The fourth-order valence-electron chi connectivity index (χ4n) is 14.5. The summed E-state index contributed by atoms with van der Waals surface area (Å²) in [5.74, 6) is 0.426. The number of aliphatic hydroxyl groups is 1. The first kappa shape index (κ1) is 38.4. The van der Waals surface area contributed by atoms with E-state index in [9.17, 15) is 30.6 Å². The van der Waals surface area contributed by atoms with Crippen molar-refractivity contribution >= 4 is 22.9 Å². The zero-order chi connectivity index (χ0) is 41.7. The smallest absolute Gasteiger partial charge is 0.169 e. The molecule has 9 unspecified atom stereocenters. The van der Waals surface area contributed by atoms with Gasteiger partial charge in [0, 0.05) is 35.2 Å². The van der Waals surface area contributed by atoms with Crippen LogP contribution in [0.2, 0.25) is 0 Å². The van der Waals surface area contributed by atoms with Crippen molar-refractivity contribution in [3.05, 3.63) is 131 Å². The van der Waals surface area contributed by atoms with Crippen molar-refractivity contribution < 1.29 is 30.6 Å². The number of nitrogens with one attached hydrogen (secondary N) is 2. The van der Waals surface area contributed by atoms with Crippen LogP contribution in [0.1, 0.15) is 90.6 Å². The number of nitrogens with zero attached hydrogens (tertiary/aromatic N) is 1. The predicted octanol–water partition coefficient (Wildman–Crippen LogP) is 9.10. The topological polar surface area (TPSA) is 162 Å². The molecule has 2 spiro atoms. The van der Waals surface area contributed by atoms with Crippen LogP contribution in [0.4, 0.5) is 0 Å². The van der Waals surface area contributed by atoms with Crippen molar-refractivity contribution in [2.24, 2.45) is 34.5 Å². The highest BCUT2D eigenvalue weighted by molar-refractivity contribution is 6.03. The lowest BCUT2D eigenvalue weighted by Crippen LogP contribution is -2.73. The minimum Gasteiger partial charge on any atom is -0.507 e. The van der Waals surface area contributed by atoms with Crippen molar-refractivity contribution in [3.8, 4) is 28.7 Å². The minimum absolute atomic E-state index is 0.00811. The summed E-state index contributed by atoms with van der Waals surface area (Å²) in [5, 5.41) is 70.4. The molecule has 0 radical (unpaired) electrons. The van der Waals surface area contributed by atoms with Gasteiger partial charge in [-0.1, -0.05) is 85.3 Å². The van der Waals surface area contributed by atoms with Gasteiger partial charge in [-0.2, -0.15) is 0 Å². The number of benzene rings is 4. The second kappa shape index (κ2) is 14.3. The van der Waals surface area contributed by atoms with E-state index in [0.717, 1.165) is 12.0 Å². The van der Waals surface area contributed by atoms with Gasteiger partial charge in [-0.25, -0.2) is 4.98 Å². The van der Waals surface area contributed by atoms with Gasteiger partial charge in [0.1, 0.15) is 5.75 Å². The van der Waals surface area contributed by atoms with Gasteiger partial charge in [0.15, 0.2) is 23.0 Å². The highest BCUT2D eigenvalue weighted by atomic mass is 16.3. The second-order valence-electron chi connectivity index (χ2n) is 19.1. The summed E-state index contributed by atoms with van der Waals surface area (Å²) in [7, 11) is 0. The number of fused-ring (bicyclic) bond motifs is 2. The van der Waals surface area contributed by atoms with Gasteiger partial charge in [0.2, 0.25) is 0 Å². The van der Waals surface area contributed by atoms with Crippen LogP contribution in [0, 0.1) is 34.5 Å². The number of aromatic amines is 1. The quantitative estimate of drug-likeness (QED) is 0.0437. The molecule has 6 aliphatic carbocycles. The average molecular weight is 818 g/mol. The third-order valence-electron chi connectivity index (χ3n) is 16.8. The lowest BCUT2D eigenvalue weighted by Gasteiger charge is -2.70. The SMILES string of the molecule is Oc1ccc(C=Cc2c(CCc3ccc(CNC4C=CC5CCC6CCc7[nH]cnc7C47C4C(O)C=CC8CCCC84CCC567)cc3)c(O)c(O)c3c(O)cccc23)cc1O. The summed E-state index contributed by atoms with van der Waals surface area (Å²) in [5.41, 5.74) is 6.32. The number of aromatic nitrogens is 2. The highest BCUT2D eigenvalue weighted by Crippen LogP contribution is 2.78. The Bertz CT molecular complexity index is 2630. The van der Waals surface area contributed by atoms with Crippen molar-refractivity contribution in [2.45, 2.75) is 94.7 Å². The fraction of sp³-hybridized carbons (Fsp3) is 0.404. The Labute approximate surface area is 356 Å². The number of H-pyrrole nitrogens is 1. The fourth-order valence-corrected chi connectivity index (χ4v) is 14.5. The number of aliphatic hydroxyl groups excluding tert-OH is 1. The molecule has 0 saturated heterocycles. The number of allylic oxidation sites excluding steroid dienone is 2. The van der Waals surface area contributed by atoms with E-state index in [0.29, 0.717) is 59.2 Å². The molecule has 61 heavy (non-hydrogen) atoms. The van der Waals surface area contributed by atoms with Gasteiger partial charge in [-0.15, -0.1) is 0 Å². The molecule has 4 aromatic carbocycles. The maximum absolute atomic E-state index is 12.4. The van der Waals surface area contributed by atoms with Crippen LogP contribution in [0.25, 0.3) is 22.9 Å². The summed E-state index contributed by atoms with van der Waals surface area (Å²) in [4.78, 5) is 8.93. The molecule has 1 aromatic heterocycles. The van der Waals surface area contributed by atoms with E-state index >= 15 is 0 Å². The number of aryl methyl sites for hydroxylation is 2. The molecule has 314 valence electrons. The Morgan fingerprint density at radius 3 is 2.44 bits per heavy atom. The maximum atomic E-state index is 12.4. The number of rotatable bonds is 8. The van der Waals surface area contributed by atoms with Crippen LogP contribution < -0.4 is 5.32 Å². The molecule has 9 nitrogen and oxygen atoms in total. The van der Waals surface area contributed by atoms with Gasteiger partial charge in [0.05, 0.1) is 23.5 Å². The zero-order valence-electron chi connectivity index (χ0n) is 34.4. The molecular formula is C52H55N3O6. The molecule has 3 fully saturated rings. The van der Waals surface area contributed by atoms with Gasteiger partial charge in [-0.05, 0) is 139 Å². The highest BCUT2D eigenvalue weighted by Gasteiger charge is 2.77. The number of aromatic hydroxyl groups is 5. The van der Waals surface area contributed by atoms with E-state index in [-0.39, 0.29) is 62.3 Å². The minimum atomic E-state index is -0.516. The molecule has 6 aliphatic rings. The third-order valence-corrected chi connectivity index (χ3v) is 16.8. The number of phenols is 5. The molecular weight excluding hydrogens is 763 g/mol. The Morgan fingerprint density at radius 2 is 1.59 bits per heavy atom. The molecule has 0 bridgehead atoms. The second-order valence-corrected chi connectivity index (χ2v) is 19.1. The predicted molar refractivity (Wildman–Crippen MR) is 236 cm³/mol. The maximum Gasteiger partial charge on any atom is 0.169 e. The molecule has 3 saturated carbocycles. The summed E-state index contributed by atoms with van der Waals surface area (Å²) >= 11 is 0. The van der Waals surface area contributed by atoms with Crippen LogP contribution in [0.15, 0.2) is 91.3 Å². The van der Waals surface area contributed by atoms with Crippen LogP contribution in [0.3, 0.4) is 0 Å². The molecule has 0 amide bonds. The lowest BCUT2D eigenvalue weighted by atomic mass is 9.34. The van der Waals surface area contributed by atoms with Crippen molar-refractivity contribution in [3.63, 3.8) is 0 Å². The van der Waals surface area contributed by atoms with E-state index in [1.54, 1.807) is 30.4 Å². The Kier molecular flexibility index (Phi) is 8.99. The Hall–Kier alpha value is -5.51. The summed E-state index contributed by atoms with van der Waals surface area (Å²) in [6.45, 7) is 0.669. The van der Waals surface area contributed by atoms with Gasteiger partial charge < -0.3 is 40.9 Å². The first-order valence-corrected chi connectivity index (χ1v) is 22.4. The zero-order valence-corrected chi connectivity index (χ0v) is 34.4. The van der Waals surface area contributed by atoms with Crippen LogP contribution in [-0.2, 0) is 31.2 Å². The first-order chi connectivity index (χ1) is 29.7. The number of hydrogen-bond donors (Lipinski definition) is 8. The average Bonchev–Trinajstić information content (AvgIpc) is 3.99. The van der Waals surface area contributed by atoms with E-state index in [1.807, 2.05) is 6.33 Å². The van der Waals surface area contributed by atoms with Crippen molar-refractivity contribution in [1.82, 2.24) is 15.3 Å². The van der Waals surface area contributed by atoms with Crippen molar-refractivity contribution in [1.29, 1.82) is 0 Å².